The minimum atomic E-state index is -0.152. The van der Waals surface area contributed by atoms with Crippen molar-refractivity contribution in [2.24, 2.45) is 0 Å². The topological polar surface area (TPSA) is 63.6 Å². The first kappa shape index (κ1) is 12.3. The smallest absolute Gasteiger partial charge is 0.281 e. The number of aromatic amines is 1. The van der Waals surface area contributed by atoms with E-state index in [4.69, 9.17) is 0 Å². The summed E-state index contributed by atoms with van der Waals surface area (Å²) in [5, 5.41) is 2.92. The van der Waals surface area contributed by atoms with E-state index in [0.717, 1.165) is 17.0 Å². The third kappa shape index (κ3) is 2.14. The number of aromatic nitrogens is 4. The number of aryl methyl sites for hydroxylation is 2. The minimum absolute atomic E-state index is 0.152. The summed E-state index contributed by atoms with van der Waals surface area (Å²) in [6.45, 7) is 3.76. The van der Waals surface area contributed by atoms with E-state index in [1.807, 2.05) is 50.2 Å². The van der Waals surface area contributed by atoms with Crippen molar-refractivity contribution in [1.29, 1.82) is 0 Å². The Morgan fingerprint density at radius 2 is 1.70 bits per heavy atom. The largest absolute Gasteiger partial charge is 0.295 e. The molecule has 2 heterocycles. The molecule has 0 aliphatic carbocycles. The van der Waals surface area contributed by atoms with Gasteiger partial charge in [0.05, 0.1) is 5.56 Å². The molecule has 0 amide bonds. The van der Waals surface area contributed by atoms with E-state index in [1.54, 1.807) is 6.20 Å². The molecule has 2 aromatic heterocycles. The lowest BCUT2D eigenvalue weighted by atomic mass is 10.1. The minimum Gasteiger partial charge on any atom is -0.295 e. The molecule has 0 atom stereocenters. The maximum atomic E-state index is 12.4. The van der Waals surface area contributed by atoms with E-state index in [9.17, 15) is 4.79 Å². The van der Waals surface area contributed by atoms with Gasteiger partial charge in [0.2, 0.25) is 0 Å². The average Bonchev–Trinajstić information content (AvgIpc) is 2.80. The fourth-order valence-corrected chi connectivity index (χ4v) is 2.15. The number of rotatable bonds is 2. The zero-order valence-corrected chi connectivity index (χ0v) is 11.3. The van der Waals surface area contributed by atoms with Crippen LogP contribution in [-0.4, -0.2) is 19.7 Å². The van der Waals surface area contributed by atoms with Gasteiger partial charge in [0.1, 0.15) is 0 Å². The van der Waals surface area contributed by atoms with Gasteiger partial charge >= 0.3 is 0 Å². The molecule has 0 aliphatic heterocycles. The van der Waals surface area contributed by atoms with Crippen LogP contribution in [0.1, 0.15) is 11.4 Å². The van der Waals surface area contributed by atoms with Gasteiger partial charge in [0.25, 0.3) is 11.5 Å². The summed E-state index contributed by atoms with van der Waals surface area (Å²) in [5.41, 5.74) is 2.98. The molecule has 20 heavy (non-hydrogen) atoms. The number of hydrogen-bond acceptors (Lipinski definition) is 3. The van der Waals surface area contributed by atoms with Gasteiger partial charge in [-0.15, -0.1) is 0 Å². The van der Waals surface area contributed by atoms with Crippen LogP contribution in [0.5, 0.6) is 0 Å². The van der Waals surface area contributed by atoms with Crippen LogP contribution in [0.15, 0.2) is 47.4 Å². The normalized spacial score (nSPS) is 10.7. The molecule has 0 unspecified atom stereocenters. The molecule has 5 nitrogen and oxygen atoms in total. The second kappa shape index (κ2) is 4.77. The highest BCUT2D eigenvalue weighted by Crippen LogP contribution is 2.14. The Bertz CT molecular complexity index is 782. The van der Waals surface area contributed by atoms with Crippen molar-refractivity contribution in [3.8, 4) is 17.1 Å². The number of nitrogens with zero attached hydrogens (tertiary/aromatic N) is 3. The van der Waals surface area contributed by atoms with Crippen LogP contribution in [0.4, 0.5) is 0 Å². The van der Waals surface area contributed by atoms with E-state index < -0.39 is 0 Å². The number of benzene rings is 1. The molecule has 0 spiro atoms. The van der Waals surface area contributed by atoms with Crippen LogP contribution in [0.25, 0.3) is 17.1 Å². The molecule has 3 rings (SSSR count). The van der Waals surface area contributed by atoms with Crippen molar-refractivity contribution in [2.75, 3.05) is 0 Å². The fraction of sp³-hybridized carbons (Fsp3) is 0.133. The third-order valence-corrected chi connectivity index (χ3v) is 3.03. The lowest BCUT2D eigenvalue weighted by Crippen LogP contribution is -2.19. The third-order valence-electron chi connectivity index (χ3n) is 3.03. The van der Waals surface area contributed by atoms with Crippen LogP contribution in [0.3, 0.4) is 0 Å². The van der Waals surface area contributed by atoms with Crippen molar-refractivity contribution in [3.05, 3.63) is 64.3 Å². The van der Waals surface area contributed by atoms with Crippen molar-refractivity contribution < 1.29 is 0 Å². The zero-order valence-electron chi connectivity index (χ0n) is 11.3. The summed E-state index contributed by atoms with van der Waals surface area (Å²) < 4.78 is 1.36. The quantitative estimate of drug-likeness (QED) is 0.773. The first-order chi connectivity index (χ1) is 9.65. The zero-order chi connectivity index (χ0) is 14.1. The number of nitrogens with one attached hydrogen (secondary N) is 1. The summed E-state index contributed by atoms with van der Waals surface area (Å²) in [6, 6.07) is 11.4. The Kier molecular flexibility index (Phi) is 2.95. The monoisotopic (exact) mass is 266 g/mol. The lowest BCUT2D eigenvalue weighted by molar-refractivity contribution is 0.771. The predicted octanol–water partition coefficient (Wildman–Crippen LogP) is 2.24. The standard InChI is InChI=1S/C15H14N4O/c1-10-8-11(2)18-15(17-10)19-14(20)13(9-16-19)12-6-4-3-5-7-12/h3-9,16H,1-2H3. The average molecular weight is 266 g/mol. The fourth-order valence-electron chi connectivity index (χ4n) is 2.15. The molecule has 0 radical (unpaired) electrons. The molecule has 1 aromatic carbocycles. The van der Waals surface area contributed by atoms with Gasteiger partial charge in [-0.05, 0) is 25.5 Å². The summed E-state index contributed by atoms with van der Waals surface area (Å²) in [7, 11) is 0. The molecular formula is C15H14N4O. The summed E-state index contributed by atoms with van der Waals surface area (Å²) >= 11 is 0. The maximum absolute atomic E-state index is 12.4. The Morgan fingerprint density at radius 3 is 2.35 bits per heavy atom. The number of hydrogen-bond donors (Lipinski definition) is 1. The van der Waals surface area contributed by atoms with Gasteiger partial charge in [-0.2, -0.15) is 4.68 Å². The van der Waals surface area contributed by atoms with E-state index in [-0.39, 0.29) is 5.56 Å². The molecule has 0 saturated heterocycles. The number of H-pyrrole nitrogens is 1. The van der Waals surface area contributed by atoms with Gasteiger partial charge in [-0.3, -0.25) is 9.89 Å². The van der Waals surface area contributed by atoms with Gasteiger partial charge in [-0.25, -0.2) is 9.97 Å². The second-order valence-electron chi connectivity index (χ2n) is 4.64. The van der Waals surface area contributed by atoms with Crippen LogP contribution in [0, 0.1) is 13.8 Å². The van der Waals surface area contributed by atoms with Gasteiger partial charge in [0, 0.05) is 17.6 Å². The van der Waals surface area contributed by atoms with Gasteiger partial charge in [-0.1, -0.05) is 30.3 Å². The van der Waals surface area contributed by atoms with E-state index in [0.29, 0.717) is 11.5 Å². The van der Waals surface area contributed by atoms with E-state index in [2.05, 4.69) is 15.1 Å². The Balaban J connectivity index is 2.14. The van der Waals surface area contributed by atoms with E-state index >= 15 is 0 Å². The molecule has 100 valence electrons. The Labute approximate surface area is 115 Å². The first-order valence-corrected chi connectivity index (χ1v) is 6.33. The molecular weight excluding hydrogens is 252 g/mol. The highest BCUT2D eigenvalue weighted by molar-refractivity contribution is 5.61. The first-order valence-electron chi connectivity index (χ1n) is 6.33. The Hall–Kier alpha value is -2.69. The molecule has 1 N–H and O–H groups in total. The van der Waals surface area contributed by atoms with Crippen LogP contribution < -0.4 is 5.56 Å². The molecule has 3 aromatic rings. The van der Waals surface area contributed by atoms with Crippen LogP contribution in [0.2, 0.25) is 0 Å². The van der Waals surface area contributed by atoms with Crippen molar-refractivity contribution in [2.45, 2.75) is 13.8 Å². The van der Waals surface area contributed by atoms with Crippen molar-refractivity contribution in [1.82, 2.24) is 19.7 Å². The molecule has 5 heteroatoms. The summed E-state index contributed by atoms with van der Waals surface area (Å²) in [5.74, 6) is 0.370. The second-order valence-corrected chi connectivity index (χ2v) is 4.64. The van der Waals surface area contributed by atoms with Crippen LogP contribution >= 0.6 is 0 Å². The highest BCUT2D eigenvalue weighted by Gasteiger charge is 2.11. The van der Waals surface area contributed by atoms with Gasteiger partial charge in [0.15, 0.2) is 0 Å². The molecule has 0 saturated carbocycles. The SMILES string of the molecule is Cc1cc(C)nc(-n2[nH]cc(-c3ccccc3)c2=O)n1. The van der Waals surface area contributed by atoms with E-state index in [1.165, 1.54) is 4.68 Å². The summed E-state index contributed by atoms with van der Waals surface area (Å²) in [6.07, 6.45) is 1.68. The molecule has 0 fully saturated rings. The van der Waals surface area contributed by atoms with Crippen molar-refractivity contribution >= 4 is 0 Å². The highest BCUT2D eigenvalue weighted by atomic mass is 16.1. The van der Waals surface area contributed by atoms with Crippen LogP contribution in [-0.2, 0) is 0 Å². The lowest BCUT2D eigenvalue weighted by Gasteiger charge is -2.02. The predicted molar refractivity (Wildman–Crippen MR) is 76.9 cm³/mol. The molecule has 0 aliphatic rings. The van der Waals surface area contributed by atoms with Gasteiger partial charge < -0.3 is 0 Å². The molecule has 0 bridgehead atoms. The Morgan fingerprint density at radius 1 is 1.05 bits per heavy atom. The maximum Gasteiger partial charge on any atom is 0.281 e. The van der Waals surface area contributed by atoms with Crippen molar-refractivity contribution in [3.63, 3.8) is 0 Å². The summed E-state index contributed by atoms with van der Waals surface area (Å²) in [4.78, 5) is 21.0.